The van der Waals surface area contributed by atoms with Gasteiger partial charge in [-0.05, 0) is 43.5 Å². The van der Waals surface area contributed by atoms with E-state index in [1.165, 1.54) is 0 Å². The Morgan fingerprint density at radius 3 is 2.82 bits per heavy atom. The van der Waals surface area contributed by atoms with Crippen molar-refractivity contribution in [2.75, 3.05) is 6.54 Å². The third-order valence-corrected chi connectivity index (χ3v) is 2.98. The Bertz CT molecular complexity index is 391. The van der Waals surface area contributed by atoms with E-state index in [0.29, 0.717) is 22.5 Å². The maximum absolute atomic E-state index is 11.7. The lowest BCUT2D eigenvalue weighted by Gasteiger charge is -2.07. The van der Waals surface area contributed by atoms with Gasteiger partial charge in [-0.3, -0.25) is 4.79 Å². The van der Waals surface area contributed by atoms with Gasteiger partial charge in [0.05, 0.1) is 0 Å². The molecule has 1 unspecified atom stereocenters. The van der Waals surface area contributed by atoms with Crippen LogP contribution in [0.2, 0.25) is 0 Å². The summed E-state index contributed by atoms with van der Waals surface area (Å²) in [7, 11) is 0. The molecule has 0 saturated carbocycles. The normalized spacial score (nSPS) is 12.2. The monoisotopic (exact) mass is 299 g/mol. The number of carbonyl (C=O) groups excluding carboxylic acids is 1. The van der Waals surface area contributed by atoms with Crippen LogP contribution in [0.1, 0.15) is 35.7 Å². The first-order valence-electron chi connectivity index (χ1n) is 5.72. The zero-order chi connectivity index (χ0) is 12.8. The molecular weight excluding hydrogens is 282 g/mol. The number of aryl methyl sites for hydroxylation is 1. The van der Waals surface area contributed by atoms with Crippen LogP contribution in [0.4, 0.5) is 0 Å². The van der Waals surface area contributed by atoms with E-state index in [9.17, 15) is 9.90 Å². The lowest BCUT2D eigenvalue weighted by molar-refractivity contribution is 0.0953. The molecule has 1 atom stereocenters. The number of halogens is 1. The van der Waals surface area contributed by atoms with Gasteiger partial charge in [-0.2, -0.15) is 0 Å². The van der Waals surface area contributed by atoms with Crippen molar-refractivity contribution in [3.63, 3.8) is 0 Å². The minimum Gasteiger partial charge on any atom is -0.508 e. The highest BCUT2D eigenvalue weighted by Gasteiger charge is 2.06. The molecule has 3 nitrogen and oxygen atoms in total. The number of aromatic hydroxyl groups is 1. The van der Waals surface area contributed by atoms with Crippen LogP contribution in [0, 0.1) is 6.92 Å². The number of hydrogen-bond acceptors (Lipinski definition) is 2. The second-order valence-corrected chi connectivity index (χ2v) is 5.74. The number of carbonyl (C=O) groups is 1. The zero-order valence-electron chi connectivity index (χ0n) is 10.2. The molecule has 1 amide bonds. The predicted octanol–water partition coefficient (Wildman–Crippen LogP) is 2.99. The third-order valence-electron chi connectivity index (χ3n) is 2.52. The summed E-state index contributed by atoms with van der Waals surface area (Å²) in [5.74, 6) is 0.130. The highest BCUT2D eigenvalue weighted by atomic mass is 79.9. The molecule has 0 aliphatic heterocycles. The van der Waals surface area contributed by atoms with E-state index in [2.05, 4.69) is 28.2 Å². The molecule has 0 aliphatic rings. The van der Waals surface area contributed by atoms with Crippen molar-refractivity contribution in [3.05, 3.63) is 29.3 Å². The van der Waals surface area contributed by atoms with Gasteiger partial charge in [-0.25, -0.2) is 0 Å². The molecule has 0 spiro atoms. The van der Waals surface area contributed by atoms with Crippen molar-refractivity contribution in [2.45, 2.75) is 31.5 Å². The smallest absolute Gasteiger partial charge is 0.251 e. The molecule has 0 fully saturated rings. The molecule has 4 heteroatoms. The van der Waals surface area contributed by atoms with Crippen molar-refractivity contribution in [2.24, 2.45) is 0 Å². The first-order chi connectivity index (χ1) is 8.00. The fourth-order valence-corrected chi connectivity index (χ4v) is 1.81. The number of phenolic OH excluding ortho intramolecular Hbond substituents is 1. The zero-order valence-corrected chi connectivity index (χ0v) is 11.8. The Labute approximate surface area is 110 Å². The van der Waals surface area contributed by atoms with E-state index in [4.69, 9.17) is 0 Å². The van der Waals surface area contributed by atoms with Gasteiger partial charge in [0.25, 0.3) is 5.91 Å². The van der Waals surface area contributed by atoms with Gasteiger partial charge in [0, 0.05) is 16.9 Å². The molecular formula is C13H18BrNO2. The Hall–Kier alpha value is -1.03. The average Bonchev–Trinajstić information content (AvgIpc) is 2.27. The van der Waals surface area contributed by atoms with Crippen LogP contribution >= 0.6 is 15.9 Å². The maximum atomic E-state index is 11.7. The Morgan fingerprint density at radius 2 is 2.24 bits per heavy atom. The summed E-state index contributed by atoms with van der Waals surface area (Å²) < 4.78 is 0. The van der Waals surface area contributed by atoms with Gasteiger partial charge in [0.1, 0.15) is 5.75 Å². The molecule has 1 rings (SSSR count). The van der Waals surface area contributed by atoms with Crippen molar-refractivity contribution in [1.29, 1.82) is 0 Å². The summed E-state index contributed by atoms with van der Waals surface area (Å²) >= 11 is 3.46. The summed E-state index contributed by atoms with van der Waals surface area (Å²) in [6.45, 7) is 4.54. The highest BCUT2D eigenvalue weighted by Crippen LogP contribution is 2.16. The average molecular weight is 300 g/mol. The van der Waals surface area contributed by atoms with E-state index in [1.807, 2.05) is 0 Å². The number of alkyl halides is 1. The predicted molar refractivity (Wildman–Crippen MR) is 72.8 cm³/mol. The molecule has 17 heavy (non-hydrogen) atoms. The van der Waals surface area contributed by atoms with Crippen LogP contribution in [0.25, 0.3) is 0 Å². The second kappa shape index (κ2) is 6.64. The molecule has 0 aliphatic carbocycles. The molecule has 94 valence electrons. The third kappa shape index (κ3) is 4.77. The Morgan fingerprint density at radius 1 is 1.53 bits per heavy atom. The molecule has 0 aromatic heterocycles. The summed E-state index contributed by atoms with van der Waals surface area (Å²) in [4.78, 5) is 12.2. The van der Waals surface area contributed by atoms with Crippen LogP contribution in [0.3, 0.4) is 0 Å². The van der Waals surface area contributed by atoms with Crippen LogP contribution < -0.4 is 5.32 Å². The largest absolute Gasteiger partial charge is 0.508 e. The molecule has 0 bridgehead atoms. The fraction of sp³-hybridized carbons (Fsp3) is 0.462. The van der Waals surface area contributed by atoms with Gasteiger partial charge in [-0.1, -0.05) is 22.9 Å². The number of amides is 1. The van der Waals surface area contributed by atoms with E-state index in [-0.39, 0.29) is 11.7 Å². The fourth-order valence-electron chi connectivity index (χ4n) is 1.48. The quantitative estimate of drug-likeness (QED) is 0.649. The second-order valence-electron chi connectivity index (χ2n) is 4.18. The molecule has 2 N–H and O–H groups in total. The van der Waals surface area contributed by atoms with Crippen LogP contribution in [0.15, 0.2) is 18.2 Å². The Kier molecular flexibility index (Phi) is 5.48. The first-order valence-corrected chi connectivity index (χ1v) is 6.64. The Balaban J connectivity index is 2.44. The van der Waals surface area contributed by atoms with Crippen molar-refractivity contribution in [1.82, 2.24) is 5.32 Å². The molecule has 1 aromatic rings. The molecule has 0 heterocycles. The topological polar surface area (TPSA) is 49.3 Å². The lowest BCUT2D eigenvalue weighted by atomic mass is 10.1. The van der Waals surface area contributed by atoms with Gasteiger partial charge < -0.3 is 10.4 Å². The number of benzene rings is 1. The maximum Gasteiger partial charge on any atom is 0.251 e. The summed E-state index contributed by atoms with van der Waals surface area (Å²) in [6, 6.07) is 4.87. The lowest BCUT2D eigenvalue weighted by Crippen LogP contribution is -2.24. The molecule has 1 aromatic carbocycles. The highest BCUT2D eigenvalue weighted by molar-refractivity contribution is 9.09. The van der Waals surface area contributed by atoms with Crippen LogP contribution in [0.5, 0.6) is 5.75 Å². The van der Waals surface area contributed by atoms with Gasteiger partial charge in [0.15, 0.2) is 0 Å². The number of rotatable bonds is 5. The van der Waals surface area contributed by atoms with E-state index in [1.54, 1.807) is 25.1 Å². The van der Waals surface area contributed by atoms with E-state index < -0.39 is 0 Å². The van der Waals surface area contributed by atoms with Crippen LogP contribution in [-0.4, -0.2) is 22.4 Å². The van der Waals surface area contributed by atoms with Gasteiger partial charge in [0.2, 0.25) is 0 Å². The van der Waals surface area contributed by atoms with E-state index in [0.717, 1.165) is 12.8 Å². The number of hydrogen-bond donors (Lipinski definition) is 2. The summed E-state index contributed by atoms with van der Waals surface area (Å²) in [6.07, 6.45) is 1.99. The standard InChI is InChI=1S/C13H18BrNO2/c1-9-8-11(5-6-12(9)16)13(17)15-7-3-4-10(2)14/h5-6,8,10,16H,3-4,7H2,1-2H3,(H,15,17). The summed E-state index contributed by atoms with van der Waals surface area (Å²) in [5, 5.41) is 12.2. The summed E-state index contributed by atoms with van der Waals surface area (Å²) in [5.41, 5.74) is 1.30. The number of phenols is 1. The van der Waals surface area contributed by atoms with Crippen molar-refractivity contribution in [3.8, 4) is 5.75 Å². The van der Waals surface area contributed by atoms with E-state index >= 15 is 0 Å². The molecule has 0 radical (unpaired) electrons. The van der Waals surface area contributed by atoms with Crippen molar-refractivity contribution < 1.29 is 9.90 Å². The molecule has 0 saturated heterocycles. The number of nitrogens with one attached hydrogen (secondary N) is 1. The van der Waals surface area contributed by atoms with Crippen LogP contribution in [-0.2, 0) is 0 Å². The van der Waals surface area contributed by atoms with Gasteiger partial charge >= 0.3 is 0 Å². The van der Waals surface area contributed by atoms with Gasteiger partial charge in [-0.15, -0.1) is 0 Å². The minimum absolute atomic E-state index is 0.0877. The SMILES string of the molecule is Cc1cc(C(=O)NCCCC(C)Br)ccc1O. The van der Waals surface area contributed by atoms with Crippen molar-refractivity contribution >= 4 is 21.8 Å². The minimum atomic E-state index is -0.0877. The first kappa shape index (κ1) is 14.0.